The fourth-order valence-corrected chi connectivity index (χ4v) is 1.71. The smallest absolute Gasteiger partial charge is 0.0302 e. The van der Waals surface area contributed by atoms with Crippen LogP contribution in [0.25, 0.3) is 0 Å². The molecule has 0 aliphatic carbocycles. The van der Waals surface area contributed by atoms with E-state index in [1.807, 2.05) is 0 Å². The Balaban J connectivity index is 2.85. The van der Waals surface area contributed by atoms with Crippen molar-refractivity contribution in [1.82, 2.24) is 5.32 Å². The first-order chi connectivity index (χ1) is 6.25. The van der Waals surface area contributed by atoms with Crippen molar-refractivity contribution in [2.45, 2.75) is 33.1 Å². The van der Waals surface area contributed by atoms with Gasteiger partial charge in [-0.1, -0.05) is 18.7 Å². The molecule has 0 atom stereocenters. The summed E-state index contributed by atoms with van der Waals surface area (Å²) >= 11 is 0. The van der Waals surface area contributed by atoms with Gasteiger partial charge in [0, 0.05) is 12.2 Å². The van der Waals surface area contributed by atoms with Crippen LogP contribution in [0, 0.1) is 0 Å². The van der Waals surface area contributed by atoms with E-state index in [1.54, 1.807) is 0 Å². The Morgan fingerprint density at radius 1 is 1.46 bits per heavy atom. The van der Waals surface area contributed by atoms with Crippen LogP contribution in [0.15, 0.2) is 35.6 Å². The van der Waals surface area contributed by atoms with Gasteiger partial charge in [-0.3, -0.25) is 0 Å². The lowest BCUT2D eigenvalue weighted by atomic mass is 10.0. The molecule has 1 nitrogen and oxygen atoms in total. The minimum Gasteiger partial charge on any atom is -0.385 e. The third-order valence-electron chi connectivity index (χ3n) is 2.45. The molecule has 1 saturated heterocycles. The molecule has 1 aliphatic heterocycles. The molecule has 1 rings (SSSR count). The largest absolute Gasteiger partial charge is 0.385 e. The van der Waals surface area contributed by atoms with Gasteiger partial charge in [0.2, 0.25) is 0 Å². The Bertz CT molecular complexity index is 246. The topological polar surface area (TPSA) is 12.0 Å². The van der Waals surface area contributed by atoms with Crippen LogP contribution in [0.2, 0.25) is 0 Å². The van der Waals surface area contributed by atoms with Crippen LogP contribution in [-0.2, 0) is 0 Å². The lowest BCUT2D eigenvalue weighted by Crippen LogP contribution is -2.12. The van der Waals surface area contributed by atoms with Crippen LogP contribution in [0.1, 0.15) is 33.1 Å². The summed E-state index contributed by atoms with van der Waals surface area (Å²) in [6.45, 7) is 9.34. The van der Waals surface area contributed by atoms with Crippen molar-refractivity contribution in [2.75, 3.05) is 6.54 Å². The van der Waals surface area contributed by atoms with Crippen molar-refractivity contribution in [2.24, 2.45) is 0 Å². The molecule has 13 heavy (non-hydrogen) atoms. The third kappa shape index (κ3) is 2.76. The molecule has 0 radical (unpaired) electrons. The van der Waals surface area contributed by atoms with Gasteiger partial charge in [0.05, 0.1) is 0 Å². The Morgan fingerprint density at radius 2 is 2.23 bits per heavy atom. The molecule has 72 valence electrons. The minimum absolute atomic E-state index is 1.07. The summed E-state index contributed by atoms with van der Waals surface area (Å²) in [5, 5.41) is 3.35. The molecule has 1 N–H and O–H groups in total. The van der Waals surface area contributed by atoms with Gasteiger partial charge in [0.15, 0.2) is 0 Å². The van der Waals surface area contributed by atoms with E-state index in [0.29, 0.717) is 0 Å². The van der Waals surface area contributed by atoms with E-state index in [9.17, 15) is 0 Å². The number of allylic oxidation sites excluding steroid dienone is 4. The first kappa shape index (κ1) is 10.1. The second kappa shape index (κ2) is 4.90. The lowest BCUT2D eigenvalue weighted by Gasteiger charge is -2.10. The lowest BCUT2D eigenvalue weighted by molar-refractivity contribution is 0.731. The monoisotopic (exact) mass is 177 g/mol. The Hall–Kier alpha value is -0.980. The van der Waals surface area contributed by atoms with Crippen molar-refractivity contribution in [3.05, 3.63) is 35.6 Å². The van der Waals surface area contributed by atoms with Crippen molar-refractivity contribution < 1.29 is 0 Å². The normalized spacial score (nSPS) is 22.8. The minimum atomic E-state index is 1.07. The second-order valence-electron chi connectivity index (χ2n) is 3.52. The third-order valence-corrected chi connectivity index (χ3v) is 2.45. The molecule has 0 spiro atoms. The quantitative estimate of drug-likeness (QED) is 0.648. The molecule has 1 aliphatic rings. The predicted octanol–water partition coefficient (Wildman–Crippen LogP) is 3.17. The SMILES string of the molecule is C=C1NCCCC/C1=C(C)/C=C\C. The van der Waals surface area contributed by atoms with Crippen LogP contribution in [-0.4, -0.2) is 6.54 Å². The number of hydrogen-bond donors (Lipinski definition) is 1. The molecule has 1 fully saturated rings. The number of rotatable bonds is 1. The Labute approximate surface area is 81.2 Å². The van der Waals surface area contributed by atoms with E-state index in [1.165, 1.54) is 30.4 Å². The van der Waals surface area contributed by atoms with Gasteiger partial charge >= 0.3 is 0 Å². The number of hydrogen-bond acceptors (Lipinski definition) is 1. The highest BCUT2D eigenvalue weighted by atomic mass is 14.9. The first-order valence-corrected chi connectivity index (χ1v) is 5.01. The van der Waals surface area contributed by atoms with Gasteiger partial charge in [0.1, 0.15) is 0 Å². The van der Waals surface area contributed by atoms with Crippen LogP contribution in [0.5, 0.6) is 0 Å². The summed E-state index contributed by atoms with van der Waals surface area (Å²) < 4.78 is 0. The molecule has 0 aromatic heterocycles. The Morgan fingerprint density at radius 3 is 2.92 bits per heavy atom. The average molecular weight is 177 g/mol. The zero-order valence-electron chi connectivity index (χ0n) is 8.69. The predicted molar refractivity (Wildman–Crippen MR) is 58.5 cm³/mol. The highest BCUT2D eigenvalue weighted by Crippen LogP contribution is 2.21. The molecular formula is C12H19N. The zero-order chi connectivity index (χ0) is 9.68. The average Bonchev–Trinajstić information content (AvgIpc) is 2.30. The van der Waals surface area contributed by atoms with Gasteiger partial charge in [-0.15, -0.1) is 0 Å². The molecule has 0 aromatic rings. The number of nitrogens with one attached hydrogen (secondary N) is 1. The van der Waals surface area contributed by atoms with Gasteiger partial charge in [-0.2, -0.15) is 0 Å². The maximum Gasteiger partial charge on any atom is 0.0302 e. The maximum absolute atomic E-state index is 4.06. The van der Waals surface area contributed by atoms with Crippen LogP contribution >= 0.6 is 0 Å². The standard InChI is InChI=1S/C12H19N/c1-4-7-10(2)12-8-5-6-9-13-11(12)3/h4,7,13H,3,5-6,8-9H2,1-2H3/b7-4-,12-10-. The molecule has 1 heteroatoms. The Kier molecular flexibility index (Phi) is 3.81. The summed E-state index contributed by atoms with van der Waals surface area (Å²) in [7, 11) is 0. The molecule has 0 saturated carbocycles. The molecule has 0 bridgehead atoms. The molecule has 0 unspecified atom stereocenters. The van der Waals surface area contributed by atoms with Gasteiger partial charge in [-0.05, 0) is 44.3 Å². The van der Waals surface area contributed by atoms with E-state index in [0.717, 1.165) is 12.2 Å². The molecule has 0 amide bonds. The van der Waals surface area contributed by atoms with Crippen molar-refractivity contribution in [1.29, 1.82) is 0 Å². The highest BCUT2D eigenvalue weighted by Gasteiger charge is 2.08. The zero-order valence-corrected chi connectivity index (χ0v) is 8.69. The van der Waals surface area contributed by atoms with Gasteiger partial charge < -0.3 is 5.32 Å². The molecular weight excluding hydrogens is 158 g/mol. The first-order valence-electron chi connectivity index (χ1n) is 5.01. The fourth-order valence-electron chi connectivity index (χ4n) is 1.71. The molecule has 0 aromatic carbocycles. The van der Waals surface area contributed by atoms with Crippen molar-refractivity contribution in [3.8, 4) is 0 Å². The summed E-state index contributed by atoms with van der Waals surface area (Å²) in [6, 6.07) is 0. The second-order valence-corrected chi connectivity index (χ2v) is 3.52. The summed E-state index contributed by atoms with van der Waals surface area (Å²) in [6.07, 6.45) is 7.94. The summed E-state index contributed by atoms with van der Waals surface area (Å²) in [4.78, 5) is 0. The van der Waals surface area contributed by atoms with Crippen molar-refractivity contribution in [3.63, 3.8) is 0 Å². The summed E-state index contributed by atoms with van der Waals surface area (Å²) in [5.41, 5.74) is 3.87. The van der Waals surface area contributed by atoms with Crippen LogP contribution in [0.3, 0.4) is 0 Å². The molecule has 1 heterocycles. The maximum atomic E-state index is 4.06. The van der Waals surface area contributed by atoms with E-state index >= 15 is 0 Å². The van der Waals surface area contributed by atoms with E-state index in [-0.39, 0.29) is 0 Å². The van der Waals surface area contributed by atoms with Crippen LogP contribution in [0.4, 0.5) is 0 Å². The van der Waals surface area contributed by atoms with Gasteiger partial charge in [0.25, 0.3) is 0 Å². The summed E-state index contributed by atoms with van der Waals surface area (Å²) in [5.74, 6) is 0. The van der Waals surface area contributed by atoms with Crippen molar-refractivity contribution >= 4 is 0 Å². The van der Waals surface area contributed by atoms with Crippen LogP contribution < -0.4 is 5.32 Å². The van der Waals surface area contributed by atoms with E-state index in [4.69, 9.17) is 0 Å². The van der Waals surface area contributed by atoms with E-state index < -0.39 is 0 Å². The highest BCUT2D eigenvalue weighted by molar-refractivity contribution is 5.37. The van der Waals surface area contributed by atoms with Gasteiger partial charge in [-0.25, -0.2) is 0 Å². The fraction of sp³-hybridized carbons (Fsp3) is 0.500. The van der Waals surface area contributed by atoms with E-state index in [2.05, 4.69) is 37.9 Å².